The molecule has 0 unspecified atom stereocenters. The van der Waals surface area contributed by atoms with Gasteiger partial charge in [0.2, 0.25) is 0 Å². The summed E-state index contributed by atoms with van der Waals surface area (Å²) in [5, 5.41) is 10.9. The zero-order valence-corrected chi connectivity index (χ0v) is 18.3. The van der Waals surface area contributed by atoms with E-state index in [0.717, 1.165) is 43.7 Å². The first kappa shape index (κ1) is 22.0. The molecule has 2 aliphatic heterocycles. The number of nitro groups is 1. The molecule has 2 aliphatic rings. The SMILES string of the molecule is C=Cc1cc2c(cc1[N+](=O)[O-])CN(C)CC2.CCc1cc2c(cc1N)CN(C)CC2. The van der Waals surface area contributed by atoms with Crippen molar-refractivity contribution in [3.05, 3.63) is 74.3 Å². The minimum Gasteiger partial charge on any atom is -0.398 e. The number of likely N-dealkylation sites (N-methyl/N-ethyl adjacent to an activating group) is 2. The first-order valence-electron chi connectivity index (χ1n) is 10.5. The van der Waals surface area contributed by atoms with Crippen molar-refractivity contribution in [2.24, 2.45) is 0 Å². The van der Waals surface area contributed by atoms with E-state index in [1.807, 2.05) is 13.1 Å². The van der Waals surface area contributed by atoms with Crippen molar-refractivity contribution < 1.29 is 4.92 Å². The fraction of sp³-hybridized carbons (Fsp3) is 0.417. The molecule has 0 atom stereocenters. The second-order valence-electron chi connectivity index (χ2n) is 8.29. The minimum absolute atomic E-state index is 0.157. The molecular weight excluding hydrogens is 376 g/mol. The fourth-order valence-electron chi connectivity index (χ4n) is 4.20. The molecule has 6 heteroatoms. The molecule has 0 radical (unpaired) electrons. The minimum atomic E-state index is -0.341. The van der Waals surface area contributed by atoms with Crippen molar-refractivity contribution in [1.82, 2.24) is 9.80 Å². The molecular formula is C24H32N4O2. The van der Waals surface area contributed by atoms with Gasteiger partial charge in [0.25, 0.3) is 5.69 Å². The molecule has 2 N–H and O–H groups in total. The Morgan fingerprint density at radius 2 is 1.60 bits per heavy atom. The van der Waals surface area contributed by atoms with Crippen LogP contribution in [0.15, 0.2) is 30.8 Å². The van der Waals surface area contributed by atoms with Crippen LogP contribution in [0, 0.1) is 10.1 Å². The second-order valence-corrected chi connectivity index (χ2v) is 8.29. The lowest BCUT2D eigenvalue weighted by molar-refractivity contribution is -0.385. The normalized spacial score (nSPS) is 16.1. The van der Waals surface area contributed by atoms with Crippen molar-refractivity contribution in [3.63, 3.8) is 0 Å². The van der Waals surface area contributed by atoms with Gasteiger partial charge in [-0.3, -0.25) is 10.1 Å². The Morgan fingerprint density at radius 1 is 1.03 bits per heavy atom. The van der Waals surface area contributed by atoms with Crippen molar-refractivity contribution in [2.45, 2.75) is 39.3 Å². The summed E-state index contributed by atoms with van der Waals surface area (Å²) >= 11 is 0. The molecule has 2 heterocycles. The molecule has 2 aromatic carbocycles. The van der Waals surface area contributed by atoms with Gasteiger partial charge in [-0.1, -0.05) is 25.6 Å². The number of fused-ring (bicyclic) bond motifs is 2. The highest BCUT2D eigenvalue weighted by molar-refractivity contribution is 5.62. The number of nitrogens with zero attached hydrogens (tertiary/aromatic N) is 3. The van der Waals surface area contributed by atoms with Crippen molar-refractivity contribution in [3.8, 4) is 0 Å². The molecule has 2 aromatic rings. The Morgan fingerprint density at radius 3 is 2.13 bits per heavy atom. The van der Waals surface area contributed by atoms with Crippen LogP contribution in [0.2, 0.25) is 0 Å². The number of hydrogen-bond donors (Lipinski definition) is 1. The van der Waals surface area contributed by atoms with Gasteiger partial charge >= 0.3 is 0 Å². The average Bonchev–Trinajstić information content (AvgIpc) is 2.72. The summed E-state index contributed by atoms with van der Waals surface area (Å²) < 4.78 is 0. The maximum atomic E-state index is 10.9. The smallest absolute Gasteiger partial charge is 0.276 e. The zero-order valence-electron chi connectivity index (χ0n) is 18.3. The predicted octanol–water partition coefficient (Wildman–Crippen LogP) is 4.04. The summed E-state index contributed by atoms with van der Waals surface area (Å²) in [4.78, 5) is 15.1. The van der Waals surface area contributed by atoms with E-state index in [1.54, 1.807) is 12.1 Å². The van der Waals surface area contributed by atoms with Crippen LogP contribution < -0.4 is 5.73 Å². The molecule has 0 amide bonds. The molecule has 0 aliphatic carbocycles. The van der Waals surface area contributed by atoms with Crippen LogP contribution >= 0.6 is 0 Å². The van der Waals surface area contributed by atoms with Crippen LogP contribution in [0.4, 0.5) is 11.4 Å². The first-order chi connectivity index (χ1) is 14.3. The van der Waals surface area contributed by atoms with Crippen molar-refractivity contribution in [2.75, 3.05) is 32.9 Å². The fourth-order valence-corrected chi connectivity index (χ4v) is 4.20. The van der Waals surface area contributed by atoms with Gasteiger partial charge in [-0.15, -0.1) is 0 Å². The number of nitrogens with two attached hydrogens (primary N) is 1. The lowest BCUT2D eigenvalue weighted by atomic mass is 9.95. The Labute approximate surface area is 179 Å². The van der Waals surface area contributed by atoms with E-state index in [0.29, 0.717) is 5.56 Å². The summed E-state index contributed by atoms with van der Waals surface area (Å²) in [7, 11) is 4.18. The number of nitrogen functional groups attached to an aromatic ring is 1. The number of aryl methyl sites for hydroxylation is 1. The van der Waals surface area contributed by atoms with Gasteiger partial charge in [-0.2, -0.15) is 0 Å². The van der Waals surface area contributed by atoms with Crippen LogP contribution in [-0.4, -0.2) is 41.9 Å². The lowest BCUT2D eigenvalue weighted by Crippen LogP contribution is -2.26. The largest absolute Gasteiger partial charge is 0.398 e. The Hall–Kier alpha value is -2.70. The molecule has 0 bridgehead atoms. The van der Waals surface area contributed by atoms with E-state index in [9.17, 15) is 10.1 Å². The summed E-state index contributed by atoms with van der Waals surface area (Å²) in [6.07, 6.45) is 4.70. The van der Waals surface area contributed by atoms with E-state index in [1.165, 1.54) is 35.2 Å². The van der Waals surface area contributed by atoms with E-state index < -0.39 is 0 Å². The number of anilines is 1. The first-order valence-corrected chi connectivity index (χ1v) is 10.5. The molecule has 0 spiro atoms. The third-order valence-electron chi connectivity index (χ3n) is 6.01. The predicted molar refractivity (Wildman–Crippen MR) is 123 cm³/mol. The molecule has 0 saturated carbocycles. The summed E-state index contributed by atoms with van der Waals surface area (Å²) in [6.45, 7) is 9.78. The second kappa shape index (κ2) is 9.41. The van der Waals surface area contributed by atoms with Gasteiger partial charge in [-0.05, 0) is 73.3 Å². The molecule has 30 heavy (non-hydrogen) atoms. The highest BCUT2D eigenvalue weighted by atomic mass is 16.6. The van der Waals surface area contributed by atoms with Gasteiger partial charge < -0.3 is 15.5 Å². The van der Waals surface area contributed by atoms with Crippen molar-refractivity contribution >= 4 is 17.5 Å². The molecule has 160 valence electrons. The maximum absolute atomic E-state index is 10.9. The summed E-state index contributed by atoms with van der Waals surface area (Å²) in [6, 6.07) is 8.02. The maximum Gasteiger partial charge on any atom is 0.276 e. The molecule has 0 saturated heterocycles. The third kappa shape index (κ3) is 4.89. The van der Waals surface area contributed by atoms with E-state index in [4.69, 9.17) is 5.73 Å². The number of nitro benzene ring substituents is 1. The number of rotatable bonds is 3. The molecule has 0 fully saturated rings. The monoisotopic (exact) mass is 408 g/mol. The van der Waals surface area contributed by atoms with Gasteiger partial charge in [-0.25, -0.2) is 0 Å². The third-order valence-corrected chi connectivity index (χ3v) is 6.01. The summed E-state index contributed by atoms with van der Waals surface area (Å²) in [5.74, 6) is 0. The Kier molecular flexibility index (Phi) is 6.90. The zero-order chi connectivity index (χ0) is 21.8. The molecule has 6 nitrogen and oxygen atoms in total. The van der Waals surface area contributed by atoms with Crippen LogP contribution in [0.3, 0.4) is 0 Å². The number of hydrogen-bond acceptors (Lipinski definition) is 5. The van der Waals surface area contributed by atoms with E-state index in [2.05, 4.69) is 42.5 Å². The average molecular weight is 409 g/mol. The van der Waals surface area contributed by atoms with E-state index in [-0.39, 0.29) is 10.6 Å². The Balaban J connectivity index is 0.000000172. The van der Waals surface area contributed by atoms with Gasteiger partial charge in [0, 0.05) is 37.9 Å². The van der Waals surface area contributed by atoms with Gasteiger partial charge in [0.05, 0.1) is 10.5 Å². The molecule has 0 aromatic heterocycles. The standard InChI is InChI=1S/C12H14N2O2.C12H18N2/c1-3-9-6-10-4-5-13(2)8-11(10)7-12(9)14(15)16;1-3-9-6-10-4-5-14(2)8-11(10)7-12(9)13/h3,6-7H,1,4-5,8H2,2H3;6-7H,3-5,8,13H2,1-2H3. The highest BCUT2D eigenvalue weighted by Gasteiger charge is 2.20. The molecule has 4 rings (SSSR count). The summed E-state index contributed by atoms with van der Waals surface area (Å²) in [5.41, 5.74) is 14.2. The van der Waals surface area contributed by atoms with Crippen LogP contribution in [-0.2, 0) is 32.4 Å². The lowest BCUT2D eigenvalue weighted by Gasteiger charge is -2.26. The van der Waals surface area contributed by atoms with Crippen LogP contribution in [0.25, 0.3) is 6.08 Å². The Bertz CT molecular complexity index is 955. The van der Waals surface area contributed by atoms with Gasteiger partial charge in [0.15, 0.2) is 0 Å². The topological polar surface area (TPSA) is 75.6 Å². The van der Waals surface area contributed by atoms with Gasteiger partial charge in [0.1, 0.15) is 0 Å². The van der Waals surface area contributed by atoms with Crippen LogP contribution in [0.5, 0.6) is 0 Å². The number of benzene rings is 2. The van der Waals surface area contributed by atoms with Crippen LogP contribution in [0.1, 0.15) is 40.3 Å². The quantitative estimate of drug-likeness (QED) is 0.471. The highest BCUT2D eigenvalue weighted by Crippen LogP contribution is 2.28. The van der Waals surface area contributed by atoms with E-state index >= 15 is 0 Å². The van der Waals surface area contributed by atoms with Crippen molar-refractivity contribution in [1.29, 1.82) is 0 Å².